The van der Waals surface area contributed by atoms with Crippen molar-refractivity contribution in [1.82, 2.24) is 4.90 Å². The van der Waals surface area contributed by atoms with Gasteiger partial charge in [0.25, 0.3) is 12.3 Å². The summed E-state index contributed by atoms with van der Waals surface area (Å²) in [5, 5.41) is 10.7. The van der Waals surface area contributed by atoms with Gasteiger partial charge in [0.1, 0.15) is 11.2 Å². The van der Waals surface area contributed by atoms with Gasteiger partial charge in [0, 0.05) is 23.9 Å². The first-order valence-electron chi connectivity index (χ1n) is 7.53. The molecule has 4 nitrogen and oxygen atoms in total. The summed E-state index contributed by atoms with van der Waals surface area (Å²) in [4.78, 5) is 13.9. The first-order valence-corrected chi connectivity index (χ1v) is 7.53. The standard InChI is InChI=1S/C17H19F2NO3/c1-9-4-5-10(2)13-12(9)11(3)14(23-13)15(21)20-7-6-17(22,8-20)16(18)19/h4-5,16,22H,6-8H2,1-3H3/t17-/m1/s1. The number of rotatable bonds is 2. The molecule has 124 valence electrons. The Bertz CT molecular complexity index is 784. The maximum absolute atomic E-state index is 12.9. The van der Waals surface area contributed by atoms with Gasteiger partial charge in [-0.15, -0.1) is 0 Å². The average Bonchev–Trinajstić information content (AvgIpc) is 3.06. The Hall–Kier alpha value is -1.95. The Morgan fingerprint density at radius 1 is 1.30 bits per heavy atom. The van der Waals surface area contributed by atoms with Crippen molar-refractivity contribution in [3.05, 3.63) is 34.6 Å². The van der Waals surface area contributed by atoms with Crippen LogP contribution in [0.25, 0.3) is 11.0 Å². The molecule has 0 bridgehead atoms. The van der Waals surface area contributed by atoms with Crippen LogP contribution in [0.4, 0.5) is 8.78 Å². The second-order valence-electron chi connectivity index (χ2n) is 6.34. The van der Waals surface area contributed by atoms with E-state index in [9.17, 15) is 18.7 Å². The minimum Gasteiger partial charge on any atom is -0.450 e. The number of amides is 1. The number of hydrogen-bond acceptors (Lipinski definition) is 3. The molecule has 23 heavy (non-hydrogen) atoms. The summed E-state index contributed by atoms with van der Waals surface area (Å²) in [7, 11) is 0. The molecule has 0 unspecified atom stereocenters. The van der Waals surface area contributed by atoms with E-state index in [1.807, 2.05) is 26.0 Å². The lowest BCUT2D eigenvalue weighted by Crippen LogP contribution is -2.41. The van der Waals surface area contributed by atoms with Gasteiger partial charge >= 0.3 is 0 Å². The fourth-order valence-electron chi connectivity index (χ4n) is 3.19. The lowest BCUT2D eigenvalue weighted by atomic mass is 10.0. The molecular weight excluding hydrogens is 304 g/mol. The van der Waals surface area contributed by atoms with Crippen LogP contribution in [-0.4, -0.2) is 41.0 Å². The number of carbonyl (C=O) groups excluding carboxylic acids is 1. The van der Waals surface area contributed by atoms with Gasteiger partial charge < -0.3 is 14.4 Å². The summed E-state index contributed by atoms with van der Waals surface area (Å²) in [5.41, 5.74) is 1.14. The first kappa shape index (κ1) is 15.9. The lowest BCUT2D eigenvalue weighted by molar-refractivity contribution is -0.0856. The fraction of sp³-hybridized carbons (Fsp3) is 0.471. The van der Waals surface area contributed by atoms with E-state index in [1.165, 1.54) is 4.90 Å². The van der Waals surface area contributed by atoms with Crippen molar-refractivity contribution in [1.29, 1.82) is 0 Å². The maximum Gasteiger partial charge on any atom is 0.289 e. The molecule has 1 amide bonds. The molecule has 6 heteroatoms. The molecule has 1 fully saturated rings. The van der Waals surface area contributed by atoms with E-state index in [4.69, 9.17) is 4.42 Å². The van der Waals surface area contributed by atoms with Crippen molar-refractivity contribution in [2.24, 2.45) is 0 Å². The third-order valence-electron chi connectivity index (χ3n) is 4.65. The Balaban J connectivity index is 1.98. The van der Waals surface area contributed by atoms with Crippen LogP contribution in [0.15, 0.2) is 16.5 Å². The highest BCUT2D eigenvalue weighted by Gasteiger charge is 2.46. The Morgan fingerprint density at radius 2 is 1.96 bits per heavy atom. The SMILES string of the molecule is Cc1ccc(C)c2c(C)c(C(=O)N3CC[C@](O)(C(F)F)C3)oc12. The van der Waals surface area contributed by atoms with Crippen molar-refractivity contribution in [3.63, 3.8) is 0 Å². The lowest BCUT2D eigenvalue weighted by Gasteiger charge is -2.21. The molecule has 1 aromatic carbocycles. The van der Waals surface area contributed by atoms with Crippen LogP contribution < -0.4 is 0 Å². The topological polar surface area (TPSA) is 53.7 Å². The van der Waals surface area contributed by atoms with E-state index in [1.54, 1.807) is 6.92 Å². The molecule has 1 saturated heterocycles. The van der Waals surface area contributed by atoms with Gasteiger partial charge in [-0.1, -0.05) is 12.1 Å². The molecule has 1 N–H and O–H groups in total. The monoisotopic (exact) mass is 323 g/mol. The molecule has 3 rings (SSSR count). The van der Waals surface area contributed by atoms with Crippen LogP contribution in [0.2, 0.25) is 0 Å². The van der Waals surface area contributed by atoms with Crippen LogP contribution in [0.3, 0.4) is 0 Å². The Labute approximate surface area is 132 Å². The minimum absolute atomic E-state index is 0.0914. The quantitative estimate of drug-likeness (QED) is 0.923. The van der Waals surface area contributed by atoms with E-state index < -0.39 is 17.9 Å². The molecule has 0 radical (unpaired) electrons. The summed E-state index contributed by atoms with van der Waals surface area (Å²) in [5.74, 6) is -0.287. The number of nitrogens with zero attached hydrogens (tertiary/aromatic N) is 1. The van der Waals surface area contributed by atoms with Crippen LogP contribution in [0, 0.1) is 20.8 Å². The highest BCUT2D eigenvalue weighted by Crippen LogP contribution is 2.33. The summed E-state index contributed by atoms with van der Waals surface area (Å²) < 4.78 is 31.6. The normalized spacial score (nSPS) is 21.6. The van der Waals surface area contributed by atoms with Gasteiger partial charge in [0.05, 0.1) is 6.54 Å². The van der Waals surface area contributed by atoms with Crippen LogP contribution >= 0.6 is 0 Å². The number of carbonyl (C=O) groups is 1. The van der Waals surface area contributed by atoms with Gasteiger partial charge in [-0.25, -0.2) is 8.78 Å². The second kappa shape index (κ2) is 5.30. The molecule has 2 aromatic rings. The zero-order valence-corrected chi connectivity index (χ0v) is 13.3. The van der Waals surface area contributed by atoms with Gasteiger partial charge in [0.15, 0.2) is 5.76 Å². The summed E-state index contributed by atoms with van der Waals surface area (Å²) in [6.45, 7) is 5.33. The zero-order chi connectivity index (χ0) is 16.9. The van der Waals surface area contributed by atoms with Crippen molar-refractivity contribution >= 4 is 16.9 Å². The summed E-state index contributed by atoms with van der Waals surface area (Å²) in [6.07, 6.45) is -3.00. The highest BCUT2D eigenvalue weighted by atomic mass is 19.3. The number of benzene rings is 1. The van der Waals surface area contributed by atoms with Gasteiger partial charge in [-0.3, -0.25) is 4.79 Å². The predicted octanol–water partition coefficient (Wildman–Crippen LogP) is 3.20. The van der Waals surface area contributed by atoms with Crippen LogP contribution in [0.1, 0.15) is 33.7 Å². The Morgan fingerprint density at radius 3 is 2.52 bits per heavy atom. The van der Waals surface area contributed by atoms with E-state index in [0.29, 0.717) is 11.1 Å². The maximum atomic E-state index is 12.9. The number of aliphatic hydroxyl groups is 1. The van der Waals surface area contributed by atoms with E-state index >= 15 is 0 Å². The molecule has 1 aliphatic rings. The average molecular weight is 323 g/mol. The van der Waals surface area contributed by atoms with Crippen molar-refractivity contribution in [2.75, 3.05) is 13.1 Å². The van der Waals surface area contributed by atoms with E-state index in [-0.39, 0.29) is 25.3 Å². The number of fused-ring (bicyclic) bond motifs is 1. The number of alkyl halides is 2. The molecule has 1 aliphatic heterocycles. The fourth-order valence-corrected chi connectivity index (χ4v) is 3.19. The van der Waals surface area contributed by atoms with E-state index in [0.717, 1.165) is 16.5 Å². The number of hydrogen-bond donors (Lipinski definition) is 1. The van der Waals surface area contributed by atoms with Gasteiger partial charge in [0.2, 0.25) is 0 Å². The minimum atomic E-state index is -2.87. The van der Waals surface area contributed by atoms with Crippen molar-refractivity contribution in [3.8, 4) is 0 Å². The largest absolute Gasteiger partial charge is 0.450 e. The van der Waals surface area contributed by atoms with Gasteiger partial charge in [-0.2, -0.15) is 0 Å². The van der Waals surface area contributed by atoms with E-state index in [2.05, 4.69) is 0 Å². The number of halogens is 2. The van der Waals surface area contributed by atoms with Crippen molar-refractivity contribution < 1.29 is 23.1 Å². The third-order valence-corrected chi connectivity index (χ3v) is 4.65. The summed E-state index contributed by atoms with van der Waals surface area (Å²) in [6, 6.07) is 3.88. The molecule has 1 aromatic heterocycles. The number of likely N-dealkylation sites (tertiary alicyclic amines) is 1. The molecule has 2 heterocycles. The zero-order valence-electron chi connectivity index (χ0n) is 13.3. The Kier molecular flexibility index (Phi) is 3.67. The third kappa shape index (κ3) is 2.41. The van der Waals surface area contributed by atoms with Crippen LogP contribution in [0.5, 0.6) is 0 Å². The molecule has 0 aliphatic carbocycles. The molecular formula is C17H19F2NO3. The second-order valence-corrected chi connectivity index (χ2v) is 6.34. The number of β-amino-alcohol motifs (C(OH)–C–C–N with tert-alkyl or cyclic N) is 1. The predicted molar refractivity (Wildman–Crippen MR) is 81.9 cm³/mol. The van der Waals surface area contributed by atoms with Gasteiger partial charge in [-0.05, 0) is 31.9 Å². The first-order chi connectivity index (χ1) is 10.7. The smallest absolute Gasteiger partial charge is 0.289 e. The molecule has 1 atom stereocenters. The van der Waals surface area contributed by atoms with Crippen molar-refractivity contribution in [2.45, 2.75) is 39.2 Å². The number of aryl methyl sites for hydroxylation is 3. The van der Waals surface area contributed by atoms with Crippen LogP contribution in [-0.2, 0) is 0 Å². The summed E-state index contributed by atoms with van der Waals surface area (Å²) >= 11 is 0. The molecule has 0 saturated carbocycles. The highest BCUT2D eigenvalue weighted by molar-refractivity contribution is 6.00. The number of furan rings is 1. The molecule has 0 spiro atoms.